The molecule has 2 aromatic carbocycles. The molecule has 2 aromatic rings. The summed E-state index contributed by atoms with van der Waals surface area (Å²) in [6.45, 7) is 4.26. The Hall–Kier alpha value is -2.75. The van der Waals surface area contributed by atoms with E-state index in [0.29, 0.717) is 43.0 Å². The van der Waals surface area contributed by atoms with Crippen LogP contribution in [0.3, 0.4) is 0 Å². The summed E-state index contributed by atoms with van der Waals surface area (Å²) in [6.07, 6.45) is 1.22. The van der Waals surface area contributed by atoms with Crippen molar-refractivity contribution in [3.05, 3.63) is 86.2 Å². The highest BCUT2D eigenvalue weighted by molar-refractivity contribution is 6.36. The normalized spacial score (nSPS) is 18.2. The molecule has 1 saturated heterocycles. The van der Waals surface area contributed by atoms with Crippen LogP contribution in [0.2, 0.25) is 10.0 Å². The number of rotatable bonds is 10. The van der Waals surface area contributed by atoms with Crippen LogP contribution >= 0.6 is 35.6 Å². The van der Waals surface area contributed by atoms with Gasteiger partial charge in [0.05, 0.1) is 24.2 Å². The molecule has 3 N–H and O–H groups in total. The number of carboxylic acid groups (broad SMARTS) is 2. The van der Waals surface area contributed by atoms with Crippen LogP contribution in [0, 0.1) is 0 Å². The van der Waals surface area contributed by atoms with Gasteiger partial charge in [-0.15, -0.1) is 12.4 Å². The predicted molar refractivity (Wildman–Crippen MR) is 159 cm³/mol. The number of allylic oxidation sites excluding steroid dienone is 1. The van der Waals surface area contributed by atoms with Crippen LogP contribution in [0.5, 0.6) is 5.75 Å². The topological polar surface area (TPSA) is 102 Å². The fourth-order valence-corrected chi connectivity index (χ4v) is 5.91. The van der Waals surface area contributed by atoms with Crippen LogP contribution in [-0.4, -0.2) is 78.8 Å². The molecule has 0 aliphatic carbocycles. The first-order valence-electron chi connectivity index (χ1n) is 12.9. The summed E-state index contributed by atoms with van der Waals surface area (Å²) in [5.74, 6) is -2.87. The highest BCUT2D eigenvalue weighted by atomic mass is 35.5. The van der Waals surface area contributed by atoms with E-state index in [9.17, 15) is 19.8 Å². The number of methoxy groups -OCH3 is 1. The number of piperazine rings is 1. The minimum Gasteiger partial charge on any atom is -0.496 e. The molecule has 1 unspecified atom stereocenters. The Labute approximate surface area is 250 Å². The van der Waals surface area contributed by atoms with Gasteiger partial charge >= 0.3 is 11.9 Å². The molecule has 0 saturated carbocycles. The number of dihydropyridines is 1. The monoisotopic (exact) mass is 609 g/mol. The fraction of sp³-hybridized carbons (Fsp3) is 0.379. The van der Waals surface area contributed by atoms with E-state index in [-0.39, 0.29) is 39.2 Å². The number of aryl methyl sites for hydroxylation is 1. The summed E-state index contributed by atoms with van der Waals surface area (Å²) in [4.78, 5) is 30.1. The summed E-state index contributed by atoms with van der Waals surface area (Å²) in [5, 5.41) is 24.5. The number of likely N-dealkylation sites (N-methyl/N-ethyl adjacent to an activating group) is 1. The number of para-hydroxylation sites is 1. The molecule has 8 nitrogen and oxygen atoms in total. The predicted octanol–water partition coefficient (Wildman–Crippen LogP) is 5.06. The molecule has 0 radical (unpaired) electrons. The molecule has 40 heavy (non-hydrogen) atoms. The molecule has 2 aliphatic rings. The first-order valence-corrected chi connectivity index (χ1v) is 13.6. The molecule has 11 heteroatoms. The lowest BCUT2D eigenvalue weighted by Crippen LogP contribution is -2.45. The molecule has 2 heterocycles. The van der Waals surface area contributed by atoms with Crippen molar-refractivity contribution in [2.75, 3.05) is 46.9 Å². The summed E-state index contributed by atoms with van der Waals surface area (Å²) in [6, 6.07) is 12.4. The van der Waals surface area contributed by atoms with E-state index in [2.05, 4.69) is 22.2 Å². The minimum atomic E-state index is -1.23. The average Bonchev–Trinajstić information content (AvgIpc) is 2.91. The van der Waals surface area contributed by atoms with E-state index in [1.165, 1.54) is 0 Å². The van der Waals surface area contributed by atoms with Crippen molar-refractivity contribution in [1.29, 1.82) is 0 Å². The number of carbonyl (C=O) groups is 2. The molecule has 1 fully saturated rings. The quantitative estimate of drug-likeness (QED) is 0.343. The number of nitrogens with one attached hydrogen (secondary N) is 1. The van der Waals surface area contributed by atoms with Crippen molar-refractivity contribution < 1.29 is 24.5 Å². The van der Waals surface area contributed by atoms with Gasteiger partial charge in [0.15, 0.2) is 0 Å². The first kappa shape index (κ1) is 31.8. The van der Waals surface area contributed by atoms with E-state index in [1.807, 2.05) is 24.3 Å². The number of hydrogen-bond donors (Lipinski definition) is 3. The lowest BCUT2D eigenvalue weighted by atomic mass is 9.78. The van der Waals surface area contributed by atoms with E-state index in [1.54, 1.807) is 25.3 Å². The Bertz CT molecular complexity index is 1290. The summed E-state index contributed by atoms with van der Waals surface area (Å²) in [7, 11) is 3.67. The maximum Gasteiger partial charge on any atom is 0.334 e. The third-order valence-electron chi connectivity index (χ3n) is 7.39. The van der Waals surface area contributed by atoms with Crippen LogP contribution in [-0.2, 0) is 16.0 Å². The SMILES string of the molecule is COc1ccccc1CCC1=C(C(=O)O)C(c2c(Cl)cccc2Cl)C(C(=O)O)=C(CCN2CCN(C)CC2)N1.Cl. The Morgan fingerprint density at radius 3 is 2.05 bits per heavy atom. The van der Waals surface area contributed by atoms with Crippen LogP contribution in [0.15, 0.2) is 65.0 Å². The number of aliphatic carboxylic acids is 2. The zero-order valence-electron chi connectivity index (χ0n) is 22.5. The van der Waals surface area contributed by atoms with E-state index >= 15 is 0 Å². The lowest BCUT2D eigenvalue weighted by molar-refractivity contribution is -0.133. The molecule has 0 aromatic heterocycles. The lowest BCUT2D eigenvalue weighted by Gasteiger charge is -2.35. The molecule has 1 atom stereocenters. The molecule has 2 aliphatic heterocycles. The van der Waals surface area contributed by atoms with Crippen molar-refractivity contribution in [3.8, 4) is 5.75 Å². The number of benzene rings is 2. The molecule has 216 valence electrons. The maximum atomic E-state index is 12.8. The van der Waals surface area contributed by atoms with Gasteiger partial charge < -0.3 is 30.1 Å². The van der Waals surface area contributed by atoms with E-state index in [4.69, 9.17) is 27.9 Å². The summed E-state index contributed by atoms with van der Waals surface area (Å²) < 4.78 is 5.48. The van der Waals surface area contributed by atoms with Crippen LogP contribution in [0.25, 0.3) is 0 Å². The van der Waals surface area contributed by atoms with Crippen molar-refractivity contribution in [2.45, 2.75) is 25.2 Å². The van der Waals surface area contributed by atoms with E-state index in [0.717, 1.165) is 31.7 Å². The molecule has 0 spiro atoms. The van der Waals surface area contributed by atoms with Crippen molar-refractivity contribution in [2.24, 2.45) is 0 Å². The first-order chi connectivity index (χ1) is 18.7. The minimum absolute atomic E-state index is 0. The van der Waals surface area contributed by atoms with E-state index < -0.39 is 17.9 Å². The highest BCUT2D eigenvalue weighted by Crippen LogP contribution is 2.45. The maximum absolute atomic E-state index is 12.8. The summed E-state index contributed by atoms with van der Waals surface area (Å²) in [5.41, 5.74) is 2.00. The Morgan fingerprint density at radius 2 is 1.48 bits per heavy atom. The molecule has 4 rings (SSSR count). The van der Waals surface area contributed by atoms with Gasteiger partial charge in [0.2, 0.25) is 0 Å². The fourth-order valence-electron chi connectivity index (χ4n) is 5.29. The van der Waals surface area contributed by atoms with Crippen LogP contribution in [0.1, 0.15) is 29.9 Å². The van der Waals surface area contributed by atoms with Crippen molar-refractivity contribution >= 4 is 47.5 Å². The van der Waals surface area contributed by atoms with Gasteiger partial charge in [0.25, 0.3) is 0 Å². The second-order valence-electron chi connectivity index (χ2n) is 9.79. The molecule has 0 bridgehead atoms. The Balaban J connectivity index is 0.00000441. The second-order valence-corrected chi connectivity index (χ2v) is 10.6. The Morgan fingerprint density at radius 1 is 0.900 bits per heavy atom. The summed E-state index contributed by atoms with van der Waals surface area (Å²) >= 11 is 13.1. The largest absolute Gasteiger partial charge is 0.496 e. The van der Waals surface area contributed by atoms with Gasteiger partial charge in [-0.25, -0.2) is 9.59 Å². The number of halogens is 3. The van der Waals surface area contributed by atoms with Gasteiger partial charge in [0, 0.05) is 66.1 Å². The van der Waals surface area contributed by atoms with Crippen molar-refractivity contribution in [1.82, 2.24) is 15.1 Å². The molecular weight excluding hydrogens is 577 g/mol. The number of hydrogen-bond acceptors (Lipinski definition) is 6. The zero-order chi connectivity index (χ0) is 28.1. The van der Waals surface area contributed by atoms with Crippen LogP contribution < -0.4 is 10.1 Å². The van der Waals surface area contributed by atoms with Gasteiger partial charge in [-0.2, -0.15) is 0 Å². The second kappa shape index (κ2) is 14.2. The van der Waals surface area contributed by atoms with Gasteiger partial charge in [0.1, 0.15) is 5.75 Å². The Kier molecular flexibility index (Phi) is 11.3. The average molecular weight is 611 g/mol. The third kappa shape index (κ3) is 7.11. The van der Waals surface area contributed by atoms with Gasteiger partial charge in [-0.1, -0.05) is 47.5 Å². The van der Waals surface area contributed by atoms with Crippen molar-refractivity contribution in [3.63, 3.8) is 0 Å². The van der Waals surface area contributed by atoms with Crippen LogP contribution in [0.4, 0.5) is 0 Å². The van der Waals surface area contributed by atoms with Gasteiger partial charge in [-0.3, -0.25) is 0 Å². The number of nitrogens with zero attached hydrogens (tertiary/aromatic N) is 2. The zero-order valence-corrected chi connectivity index (χ0v) is 24.8. The third-order valence-corrected chi connectivity index (χ3v) is 8.05. The smallest absolute Gasteiger partial charge is 0.334 e. The highest BCUT2D eigenvalue weighted by Gasteiger charge is 2.40. The standard InChI is InChI=1S/C29H33Cl2N3O5.ClH/c1-33-14-16-34(17-15-33)13-12-22-26(29(37)38)27(24-19(30)7-5-8-20(24)31)25(28(35)36)21(32-22)11-10-18-6-3-4-9-23(18)39-2;/h3-9,27,32H,10-17H2,1-2H3,(H,35,36)(H,37,38);1H. The number of carboxylic acids is 2. The molecular formula is C29H34Cl3N3O5. The van der Waals surface area contributed by atoms with Gasteiger partial charge in [-0.05, 0) is 43.7 Å². The molecule has 0 amide bonds. The number of ether oxygens (including phenoxy) is 1.